The first-order valence-electron chi connectivity index (χ1n) is 11.9. The molecule has 2 aromatic carbocycles. The van der Waals surface area contributed by atoms with Gasteiger partial charge in [-0.15, -0.1) is 0 Å². The number of carboxylic acid groups (broad SMARTS) is 2. The van der Waals surface area contributed by atoms with Gasteiger partial charge in [-0.05, 0) is 42.8 Å². The van der Waals surface area contributed by atoms with Crippen molar-refractivity contribution in [3.63, 3.8) is 0 Å². The van der Waals surface area contributed by atoms with Crippen LogP contribution in [0.3, 0.4) is 0 Å². The van der Waals surface area contributed by atoms with Crippen LogP contribution >= 0.6 is 0 Å². The average molecular weight is 562 g/mol. The van der Waals surface area contributed by atoms with Crippen LogP contribution in [0.1, 0.15) is 27.1 Å². The van der Waals surface area contributed by atoms with Crippen LogP contribution in [-0.4, -0.2) is 77.5 Å². The van der Waals surface area contributed by atoms with Crippen LogP contribution in [0, 0.1) is 0 Å². The molecule has 3 aromatic rings. The van der Waals surface area contributed by atoms with E-state index in [0.717, 1.165) is 31.7 Å². The van der Waals surface area contributed by atoms with Crippen LogP contribution in [0.15, 0.2) is 60.9 Å². The minimum Gasteiger partial charge on any atom is -0.496 e. The number of aromatic carboxylic acids is 1. The fraction of sp³-hybridized carbons (Fsp3) is 0.269. The van der Waals surface area contributed by atoms with E-state index in [4.69, 9.17) is 14.6 Å². The number of anilines is 3. The Balaban J connectivity index is 0.000000559. The number of aliphatic carboxylic acids is 1. The second kappa shape index (κ2) is 13.3. The molecule has 0 bridgehead atoms. The van der Waals surface area contributed by atoms with Crippen LogP contribution in [-0.2, 0) is 4.79 Å². The molecule has 1 aliphatic heterocycles. The molecule has 40 heavy (non-hydrogen) atoms. The highest BCUT2D eigenvalue weighted by atomic mass is 19.4. The Kier molecular flexibility index (Phi) is 9.84. The molecule has 212 valence electrons. The number of para-hydroxylation sites is 1. The highest BCUT2D eigenvalue weighted by Gasteiger charge is 2.38. The zero-order valence-corrected chi connectivity index (χ0v) is 21.3. The largest absolute Gasteiger partial charge is 0.496 e. The van der Waals surface area contributed by atoms with Gasteiger partial charge >= 0.3 is 18.1 Å². The van der Waals surface area contributed by atoms with Crippen molar-refractivity contribution in [2.45, 2.75) is 12.6 Å². The molecule has 2 heterocycles. The summed E-state index contributed by atoms with van der Waals surface area (Å²) < 4.78 is 37.0. The molecule has 1 fully saturated rings. The van der Waals surface area contributed by atoms with E-state index in [2.05, 4.69) is 25.1 Å². The summed E-state index contributed by atoms with van der Waals surface area (Å²) in [6.07, 6.45) is -0.753. The number of aromatic nitrogens is 2. The lowest BCUT2D eigenvalue weighted by molar-refractivity contribution is -0.192. The standard InChI is InChI=1S/C24H25N5O4.C2HF3O2/c1-33-21-7-3-2-6-18(21)22(30)27-20-9-8-17(16-19(20)23(31)32)28-12-5-13-29(15-14-28)24-25-10-4-11-26-24;3-2(4,5)1(6)7/h2-4,6-11,16H,5,12-15H2,1H3,(H,27,30)(H,31,32);(H,6,7). The number of hydrogen-bond acceptors (Lipinski definition) is 8. The van der Waals surface area contributed by atoms with Gasteiger partial charge in [0.15, 0.2) is 0 Å². The van der Waals surface area contributed by atoms with Gasteiger partial charge in [0, 0.05) is 44.3 Å². The van der Waals surface area contributed by atoms with Crippen molar-refractivity contribution in [3.05, 3.63) is 72.1 Å². The number of alkyl halides is 3. The molecule has 0 radical (unpaired) electrons. The van der Waals surface area contributed by atoms with Crippen molar-refractivity contribution in [1.29, 1.82) is 0 Å². The SMILES string of the molecule is COc1ccccc1C(=O)Nc1ccc(N2CCCN(c3ncccn3)CC2)cc1C(=O)O.O=C(O)C(F)(F)F. The summed E-state index contributed by atoms with van der Waals surface area (Å²) in [6.45, 7) is 3.01. The maximum Gasteiger partial charge on any atom is 0.490 e. The highest BCUT2D eigenvalue weighted by molar-refractivity contribution is 6.09. The molecular weight excluding hydrogens is 535 g/mol. The van der Waals surface area contributed by atoms with Crippen molar-refractivity contribution in [3.8, 4) is 5.75 Å². The quantitative estimate of drug-likeness (QED) is 0.406. The Morgan fingerprint density at radius 3 is 2.15 bits per heavy atom. The van der Waals surface area contributed by atoms with Crippen LogP contribution < -0.4 is 19.9 Å². The van der Waals surface area contributed by atoms with Gasteiger partial charge < -0.3 is 30.1 Å². The number of halogens is 3. The molecule has 14 heteroatoms. The fourth-order valence-corrected chi connectivity index (χ4v) is 3.87. The molecule has 11 nitrogen and oxygen atoms in total. The summed E-state index contributed by atoms with van der Waals surface area (Å²) >= 11 is 0. The molecule has 0 unspecified atom stereocenters. The summed E-state index contributed by atoms with van der Waals surface area (Å²) in [5, 5.41) is 19.6. The molecule has 1 amide bonds. The van der Waals surface area contributed by atoms with E-state index in [0.29, 0.717) is 23.8 Å². The van der Waals surface area contributed by atoms with Gasteiger partial charge in [0.25, 0.3) is 5.91 Å². The smallest absolute Gasteiger partial charge is 0.490 e. The van der Waals surface area contributed by atoms with E-state index in [1.165, 1.54) is 7.11 Å². The number of carboxylic acids is 2. The molecule has 1 saturated heterocycles. The number of nitrogens with one attached hydrogen (secondary N) is 1. The molecule has 0 aliphatic carbocycles. The number of carbonyl (C=O) groups is 3. The number of ether oxygens (including phenoxy) is 1. The number of hydrogen-bond donors (Lipinski definition) is 3. The lowest BCUT2D eigenvalue weighted by atomic mass is 10.1. The van der Waals surface area contributed by atoms with Crippen molar-refractivity contribution in [2.75, 3.05) is 48.4 Å². The normalized spacial score (nSPS) is 13.4. The maximum absolute atomic E-state index is 12.8. The minimum atomic E-state index is -5.08. The number of nitrogens with zero attached hydrogens (tertiary/aromatic N) is 4. The molecular formula is C26H26F3N5O6. The maximum atomic E-state index is 12.8. The van der Waals surface area contributed by atoms with Gasteiger partial charge in [-0.2, -0.15) is 13.2 Å². The zero-order valence-electron chi connectivity index (χ0n) is 21.3. The first-order valence-corrected chi connectivity index (χ1v) is 11.9. The van der Waals surface area contributed by atoms with E-state index in [1.54, 1.807) is 54.9 Å². The first kappa shape index (κ1) is 29.7. The molecule has 4 rings (SSSR count). The van der Waals surface area contributed by atoms with E-state index in [9.17, 15) is 27.9 Å². The molecule has 3 N–H and O–H groups in total. The van der Waals surface area contributed by atoms with Crippen molar-refractivity contribution < 1.29 is 42.5 Å². The second-order valence-electron chi connectivity index (χ2n) is 8.37. The number of benzene rings is 2. The Labute approximate surface area is 226 Å². The minimum absolute atomic E-state index is 0.0308. The summed E-state index contributed by atoms with van der Waals surface area (Å²) in [4.78, 5) is 46.6. The Bertz CT molecular complexity index is 1340. The monoisotopic (exact) mass is 561 g/mol. The number of carbonyl (C=O) groups excluding carboxylic acids is 1. The molecule has 0 atom stereocenters. The number of amides is 1. The molecule has 0 saturated carbocycles. The van der Waals surface area contributed by atoms with Gasteiger partial charge in [0.1, 0.15) is 5.75 Å². The second-order valence-corrected chi connectivity index (χ2v) is 8.37. The lowest BCUT2D eigenvalue weighted by Gasteiger charge is -2.24. The Hall–Kier alpha value is -4.88. The average Bonchev–Trinajstić information content (AvgIpc) is 3.20. The molecule has 1 aromatic heterocycles. The Morgan fingerprint density at radius 1 is 0.900 bits per heavy atom. The third-order valence-corrected chi connectivity index (χ3v) is 5.77. The predicted octanol–water partition coefficient (Wildman–Crippen LogP) is 3.79. The number of rotatable bonds is 6. The van der Waals surface area contributed by atoms with Gasteiger partial charge in [0.2, 0.25) is 5.95 Å². The summed E-state index contributed by atoms with van der Waals surface area (Å²) in [7, 11) is 1.48. The van der Waals surface area contributed by atoms with E-state index in [-0.39, 0.29) is 11.3 Å². The van der Waals surface area contributed by atoms with Crippen molar-refractivity contribution in [2.24, 2.45) is 0 Å². The van der Waals surface area contributed by atoms with Crippen LogP contribution in [0.2, 0.25) is 0 Å². The van der Waals surface area contributed by atoms with Gasteiger partial charge in [-0.1, -0.05) is 12.1 Å². The first-order chi connectivity index (χ1) is 19.0. The van der Waals surface area contributed by atoms with Crippen LogP contribution in [0.4, 0.5) is 30.5 Å². The Morgan fingerprint density at radius 2 is 1.52 bits per heavy atom. The van der Waals surface area contributed by atoms with Crippen LogP contribution in [0.5, 0.6) is 5.75 Å². The third-order valence-electron chi connectivity index (χ3n) is 5.77. The van der Waals surface area contributed by atoms with E-state index < -0.39 is 24.0 Å². The summed E-state index contributed by atoms with van der Waals surface area (Å²) in [6, 6.07) is 13.7. The van der Waals surface area contributed by atoms with Crippen molar-refractivity contribution in [1.82, 2.24) is 9.97 Å². The van der Waals surface area contributed by atoms with E-state index >= 15 is 0 Å². The zero-order chi connectivity index (χ0) is 29.3. The van der Waals surface area contributed by atoms with Crippen LogP contribution in [0.25, 0.3) is 0 Å². The third kappa shape index (κ3) is 7.82. The topological polar surface area (TPSA) is 145 Å². The van der Waals surface area contributed by atoms with Crippen molar-refractivity contribution >= 4 is 35.2 Å². The summed E-state index contributed by atoms with van der Waals surface area (Å²) in [5.41, 5.74) is 1.38. The highest BCUT2D eigenvalue weighted by Crippen LogP contribution is 2.27. The summed E-state index contributed by atoms with van der Waals surface area (Å²) in [5.74, 6) is -3.19. The molecule has 0 spiro atoms. The van der Waals surface area contributed by atoms with Gasteiger partial charge in [-0.25, -0.2) is 19.6 Å². The van der Waals surface area contributed by atoms with Gasteiger partial charge in [0.05, 0.1) is 23.9 Å². The lowest BCUT2D eigenvalue weighted by Crippen LogP contribution is -2.31. The number of methoxy groups -OCH3 is 1. The molecule has 1 aliphatic rings. The fourth-order valence-electron chi connectivity index (χ4n) is 3.87. The van der Waals surface area contributed by atoms with E-state index in [1.807, 2.05) is 6.07 Å². The van der Waals surface area contributed by atoms with Gasteiger partial charge in [-0.3, -0.25) is 4.79 Å². The predicted molar refractivity (Wildman–Crippen MR) is 139 cm³/mol.